The summed E-state index contributed by atoms with van der Waals surface area (Å²) in [5.41, 5.74) is 11.6. The lowest BCUT2D eigenvalue weighted by atomic mass is 9.80. The predicted octanol–water partition coefficient (Wildman–Crippen LogP) is 16.0. The molecule has 2 nitrogen and oxygen atoms in total. The van der Waals surface area contributed by atoms with E-state index in [4.69, 9.17) is 4.42 Å². The minimum Gasteiger partial charge on any atom is -0.455 e. The van der Waals surface area contributed by atoms with Crippen molar-refractivity contribution >= 4 is 81.3 Å². The molecular weight excluding hydrogens is 687 g/mol. The minimum atomic E-state index is 0.595. The molecule has 0 amide bonds. The molecule has 11 rings (SSSR count). The fourth-order valence-electron chi connectivity index (χ4n) is 9.33. The van der Waals surface area contributed by atoms with E-state index in [-0.39, 0.29) is 0 Å². The van der Waals surface area contributed by atoms with Crippen LogP contribution in [-0.2, 0) is 0 Å². The van der Waals surface area contributed by atoms with E-state index in [0.29, 0.717) is 5.92 Å². The zero-order chi connectivity index (χ0) is 36.3. The fraction of sp³-hybridized carbons (Fsp3) is 0.115. The molecule has 2 heterocycles. The van der Waals surface area contributed by atoms with Crippen LogP contribution in [0.15, 0.2) is 174 Å². The van der Waals surface area contributed by atoms with Crippen molar-refractivity contribution in [1.29, 1.82) is 0 Å². The van der Waals surface area contributed by atoms with E-state index < -0.39 is 0 Å². The summed E-state index contributed by atoms with van der Waals surface area (Å²) >= 11 is 1.88. The van der Waals surface area contributed by atoms with Crippen LogP contribution in [0.5, 0.6) is 0 Å². The van der Waals surface area contributed by atoms with Crippen LogP contribution >= 0.6 is 11.3 Å². The van der Waals surface area contributed by atoms with E-state index in [9.17, 15) is 0 Å². The summed E-state index contributed by atoms with van der Waals surface area (Å²) in [6.45, 7) is 0. The molecule has 2 aromatic heterocycles. The Morgan fingerprint density at radius 1 is 0.491 bits per heavy atom. The third kappa shape index (κ3) is 5.37. The van der Waals surface area contributed by atoms with E-state index in [1.54, 1.807) is 0 Å². The highest BCUT2D eigenvalue weighted by molar-refractivity contribution is 7.26. The zero-order valence-electron chi connectivity index (χ0n) is 30.5. The Morgan fingerprint density at radius 3 is 2.04 bits per heavy atom. The van der Waals surface area contributed by atoms with E-state index in [0.717, 1.165) is 38.8 Å². The number of hydrogen-bond donors (Lipinski definition) is 0. The summed E-state index contributed by atoms with van der Waals surface area (Å²) in [5, 5.41) is 7.61. The van der Waals surface area contributed by atoms with Gasteiger partial charge in [0.2, 0.25) is 0 Å². The number of rotatable bonds is 6. The van der Waals surface area contributed by atoms with Crippen LogP contribution in [0.4, 0.5) is 17.1 Å². The van der Waals surface area contributed by atoms with E-state index in [1.165, 1.54) is 91.1 Å². The Morgan fingerprint density at radius 2 is 1.15 bits per heavy atom. The second-order valence-corrected chi connectivity index (χ2v) is 16.1. The highest BCUT2D eigenvalue weighted by Crippen LogP contribution is 2.49. The molecule has 1 aliphatic carbocycles. The highest BCUT2D eigenvalue weighted by atomic mass is 32.1. The van der Waals surface area contributed by atoms with Crippen molar-refractivity contribution in [3.63, 3.8) is 0 Å². The van der Waals surface area contributed by atoms with Gasteiger partial charge < -0.3 is 9.32 Å². The number of benzene rings is 8. The van der Waals surface area contributed by atoms with Gasteiger partial charge in [0, 0.05) is 43.1 Å². The molecule has 0 bridgehead atoms. The van der Waals surface area contributed by atoms with E-state index in [1.807, 2.05) is 17.4 Å². The highest BCUT2D eigenvalue weighted by Gasteiger charge is 2.24. The lowest BCUT2D eigenvalue weighted by molar-refractivity contribution is 0.445. The summed E-state index contributed by atoms with van der Waals surface area (Å²) in [6.07, 6.45) is 6.51. The van der Waals surface area contributed by atoms with Gasteiger partial charge in [0.25, 0.3) is 0 Å². The van der Waals surface area contributed by atoms with Gasteiger partial charge in [-0.15, -0.1) is 11.3 Å². The summed E-state index contributed by atoms with van der Waals surface area (Å²) < 4.78 is 9.07. The van der Waals surface area contributed by atoms with Gasteiger partial charge in [-0.2, -0.15) is 0 Å². The third-order valence-electron chi connectivity index (χ3n) is 11.9. The number of anilines is 3. The molecule has 1 aliphatic rings. The molecule has 0 spiro atoms. The van der Waals surface area contributed by atoms with Gasteiger partial charge in [-0.25, -0.2) is 0 Å². The van der Waals surface area contributed by atoms with Crippen molar-refractivity contribution in [3.8, 4) is 22.3 Å². The van der Waals surface area contributed by atoms with Crippen molar-refractivity contribution < 1.29 is 4.42 Å². The van der Waals surface area contributed by atoms with Crippen LogP contribution in [0.25, 0.3) is 75.1 Å². The number of thiophene rings is 1. The predicted molar refractivity (Wildman–Crippen MR) is 235 cm³/mol. The van der Waals surface area contributed by atoms with Crippen molar-refractivity contribution in [2.75, 3.05) is 4.90 Å². The first-order valence-electron chi connectivity index (χ1n) is 19.6. The number of para-hydroxylation sites is 3. The molecule has 10 aromatic rings. The SMILES string of the molecule is c1ccc(N(c2ccc(-c3cccc4c3oc3ccccc34)cc2)c2cccc3c2sc2ccccc23)c(-c2cccc3cccc(C4CCCCC4)c23)c1. The maximum atomic E-state index is 6.48. The number of hydrogen-bond acceptors (Lipinski definition) is 3. The first-order valence-corrected chi connectivity index (χ1v) is 20.4. The molecule has 0 radical (unpaired) electrons. The van der Waals surface area contributed by atoms with Crippen molar-refractivity contribution in [2.45, 2.75) is 38.0 Å². The first-order chi connectivity index (χ1) is 27.3. The standard InChI is InChI=1S/C52H39NOS/c1-2-14-34(15-3-1)38-21-10-16-36-17-11-23-43(50(36)38)40-18-4-7-26-46(40)53(47-27-13-25-45-42-20-6-9-29-49(42)55-52(45)47)37-32-30-35(31-33-37)39-22-12-24-44-41-19-5-8-28-48(41)54-51(39)44/h4-13,16-34H,1-3,14-15H2. The lowest BCUT2D eigenvalue weighted by Crippen LogP contribution is -2.11. The quantitative estimate of drug-likeness (QED) is 0.170. The maximum absolute atomic E-state index is 6.48. The zero-order valence-corrected chi connectivity index (χ0v) is 31.4. The molecule has 0 atom stereocenters. The monoisotopic (exact) mass is 725 g/mol. The fourth-order valence-corrected chi connectivity index (χ4v) is 10.5. The van der Waals surface area contributed by atoms with Crippen LogP contribution in [0, 0.1) is 0 Å². The van der Waals surface area contributed by atoms with Gasteiger partial charge in [-0.3, -0.25) is 0 Å². The number of fused-ring (bicyclic) bond motifs is 7. The van der Waals surface area contributed by atoms with Crippen LogP contribution in [0.1, 0.15) is 43.6 Å². The van der Waals surface area contributed by atoms with Crippen LogP contribution in [-0.4, -0.2) is 0 Å². The summed E-state index contributed by atoms with van der Waals surface area (Å²) in [5.74, 6) is 0.595. The average Bonchev–Trinajstić information content (AvgIpc) is 3.83. The number of nitrogens with zero attached hydrogens (tertiary/aromatic N) is 1. The normalized spacial score (nSPS) is 13.7. The molecule has 1 fully saturated rings. The van der Waals surface area contributed by atoms with Crippen LogP contribution < -0.4 is 4.90 Å². The largest absolute Gasteiger partial charge is 0.455 e. The maximum Gasteiger partial charge on any atom is 0.143 e. The van der Waals surface area contributed by atoms with Crippen LogP contribution in [0.3, 0.4) is 0 Å². The average molecular weight is 726 g/mol. The molecule has 0 saturated heterocycles. The third-order valence-corrected chi connectivity index (χ3v) is 13.1. The molecule has 0 N–H and O–H groups in total. The second kappa shape index (κ2) is 13.3. The molecule has 0 aliphatic heterocycles. The molecule has 0 unspecified atom stereocenters. The Hall–Kier alpha value is -6.16. The number of furan rings is 1. The minimum absolute atomic E-state index is 0.595. The van der Waals surface area contributed by atoms with Gasteiger partial charge >= 0.3 is 0 Å². The summed E-state index contributed by atoms with van der Waals surface area (Å²) in [4.78, 5) is 2.50. The van der Waals surface area contributed by atoms with E-state index >= 15 is 0 Å². The van der Waals surface area contributed by atoms with Gasteiger partial charge in [0.1, 0.15) is 11.2 Å². The molecule has 55 heavy (non-hydrogen) atoms. The molecule has 8 aromatic carbocycles. The molecule has 264 valence electrons. The Bertz CT molecular complexity index is 3030. The summed E-state index contributed by atoms with van der Waals surface area (Å²) in [6, 6.07) is 62.4. The Labute approximate surface area is 324 Å². The van der Waals surface area contributed by atoms with Gasteiger partial charge in [-0.05, 0) is 82.6 Å². The first kappa shape index (κ1) is 32.3. The Kier molecular flexibility index (Phi) is 7.81. The van der Waals surface area contributed by atoms with Crippen molar-refractivity contribution in [1.82, 2.24) is 0 Å². The summed E-state index contributed by atoms with van der Waals surface area (Å²) in [7, 11) is 0. The smallest absolute Gasteiger partial charge is 0.143 e. The Balaban J connectivity index is 1.13. The second-order valence-electron chi connectivity index (χ2n) is 15.0. The van der Waals surface area contributed by atoms with Gasteiger partial charge in [0.05, 0.1) is 16.1 Å². The van der Waals surface area contributed by atoms with Gasteiger partial charge in [0.15, 0.2) is 0 Å². The molecule has 3 heteroatoms. The lowest BCUT2D eigenvalue weighted by Gasteiger charge is -2.29. The molecular formula is C52H39NOS. The molecule has 1 saturated carbocycles. The van der Waals surface area contributed by atoms with Crippen molar-refractivity contribution in [2.24, 2.45) is 0 Å². The van der Waals surface area contributed by atoms with Gasteiger partial charge in [-0.1, -0.05) is 153 Å². The van der Waals surface area contributed by atoms with Crippen LogP contribution in [0.2, 0.25) is 0 Å². The van der Waals surface area contributed by atoms with Crippen molar-refractivity contribution in [3.05, 3.63) is 175 Å². The van der Waals surface area contributed by atoms with E-state index in [2.05, 4.69) is 169 Å². The topological polar surface area (TPSA) is 16.4 Å².